The lowest BCUT2D eigenvalue weighted by molar-refractivity contribution is 1.18. The van der Waals surface area contributed by atoms with Crippen molar-refractivity contribution in [2.75, 3.05) is 0 Å². The molecule has 0 atom stereocenters. The minimum Gasteiger partial charge on any atom is -0.308 e. The third-order valence-corrected chi connectivity index (χ3v) is 6.79. The maximum absolute atomic E-state index is 5.05. The molecule has 3 aromatic carbocycles. The van der Waals surface area contributed by atoms with Gasteiger partial charge in [0.1, 0.15) is 5.65 Å². The summed E-state index contributed by atoms with van der Waals surface area (Å²) in [4.78, 5) is 14.4. The van der Waals surface area contributed by atoms with Crippen LogP contribution in [0.25, 0.3) is 66.1 Å². The molecule has 0 saturated carbocycles. The van der Waals surface area contributed by atoms with Gasteiger partial charge < -0.3 is 4.57 Å². The smallest absolute Gasteiger partial charge is 0.178 e. The van der Waals surface area contributed by atoms with E-state index in [2.05, 4.69) is 92.8 Å². The topological polar surface area (TPSA) is 48.0 Å². The van der Waals surface area contributed by atoms with E-state index in [9.17, 15) is 0 Å². The van der Waals surface area contributed by atoms with E-state index >= 15 is 0 Å². The van der Waals surface area contributed by atoms with Crippen molar-refractivity contribution in [3.8, 4) is 5.69 Å². The van der Waals surface area contributed by atoms with Crippen molar-refractivity contribution in [1.29, 1.82) is 0 Å². The van der Waals surface area contributed by atoms with Crippen molar-refractivity contribution in [3.63, 3.8) is 0 Å². The van der Waals surface area contributed by atoms with Crippen molar-refractivity contribution in [1.82, 2.24) is 23.9 Å². The molecule has 0 saturated heterocycles. The Kier molecular flexibility index (Phi) is 3.34. The minimum absolute atomic E-state index is 0.723. The molecule has 0 aliphatic carbocycles. The zero-order chi connectivity index (χ0) is 22.2. The van der Waals surface area contributed by atoms with Crippen molar-refractivity contribution < 1.29 is 0 Å². The van der Waals surface area contributed by atoms with E-state index in [0.717, 1.165) is 49.8 Å². The second-order valence-electron chi connectivity index (χ2n) is 8.56. The van der Waals surface area contributed by atoms with Gasteiger partial charge in [0.2, 0.25) is 0 Å². The van der Waals surface area contributed by atoms with Crippen LogP contribution in [0, 0.1) is 0 Å². The van der Waals surface area contributed by atoms with Gasteiger partial charge in [-0.15, -0.1) is 0 Å². The van der Waals surface area contributed by atoms with Crippen LogP contribution in [0.3, 0.4) is 0 Å². The van der Waals surface area contributed by atoms with Crippen LogP contribution in [0.2, 0.25) is 0 Å². The fourth-order valence-corrected chi connectivity index (χ4v) is 5.43. The maximum atomic E-state index is 5.05. The Morgan fingerprint density at radius 1 is 0.529 bits per heavy atom. The lowest BCUT2D eigenvalue weighted by Crippen LogP contribution is -1.98. The highest BCUT2D eigenvalue weighted by atomic mass is 15.1. The Labute approximate surface area is 193 Å². The molecule has 0 bridgehead atoms. The average Bonchev–Trinajstić information content (AvgIpc) is 3.45. The van der Waals surface area contributed by atoms with Gasteiger partial charge in [0.25, 0.3) is 0 Å². The first kappa shape index (κ1) is 17.7. The number of fused-ring (bicyclic) bond motifs is 12. The first-order valence-electron chi connectivity index (χ1n) is 11.3. The molecule has 5 aromatic heterocycles. The standard InChI is InChI=1S/C29H17N5/c1-2-8-18(9-3-1)33-23-12-5-4-10-19(23)21-15-14-20-22-11-6-17-31-28(22)34-24-13-7-16-30-27(24)32-29(34)25(20)26(21)33/h1-17H. The highest BCUT2D eigenvalue weighted by Crippen LogP contribution is 2.40. The molecular weight excluding hydrogens is 418 g/mol. The Morgan fingerprint density at radius 2 is 1.26 bits per heavy atom. The molecule has 0 N–H and O–H groups in total. The van der Waals surface area contributed by atoms with Crippen LogP contribution in [0.15, 0.2) is 103 Å². The number of hydrogen-bond donors (Lipinski definition) is 0. The van der Waals surface area contributed by atoms with Crippen LogP contribution >= 0.6 is 0 Å². The van der Waals surface area contributed by atoms with E-state index in [-0.39, 0.29) is 0 Å². The van der Waals surface area contributed by atoms with Crippen molar-refractivity contribution in [3.05, 3.63) is 103 Å². The zero-order valence-electron chi connectivity index (χ0n) is 18.1. The van der Waals surface area contributed by atoms with E-state index < -0.39 is 0 Å². The molecule has 158 valence electrons. The Morgan fingerprint density at radius 3 is 2.21 bits per heavy atom. The summed E-state index contributed by atoms with van der Waals surface area (Å²) in [6.07, 6.45) is 3.64. The lowest BCUT2D eigenvalue weighted by Gasteiger charge is -2.12. The normalized spacial score (nSPS) is 12.1. The molecule has 0 radical (unpaired) electrons. The molecule has 0 fully saturated rings. The third kappa shape index (κ3) is 2.16. The van der Waals surface area contributed by atoms with E-state index in [1.165, 1.54) is 16.3 Å². The van der Waals surface area contributed by atoms with Gasteiger partial charge in [-0.3, -0.25) is 4.40 Å². The lowest BCUT2D eigenvalue weighted by atomic mass is 10.0. The maximum Gasteiger partial charge on any atom is 0.178 e. The van der Waals surface area contributed by atoms with Crippen molar-refractivity contribution in [2.24, 2.45) is 0 Å². The summed E-state index contributed by atoms with van der Waals surface area (Å²) in [5.41, 5.74) is 6.90. The molecule has 8 rings (SSSR count). The van der Waals surface area contributed by atoms with Gasteiger partial charge >= 0.3 is 0 Å². The number of hydrogen-bond acceptors (Lipinski definition) is 3. The summed E-state index contributed by atoms with van der Waals surface area (Å²) in [6.45, 7) is 0. The van der Waals surface area contributed by atoms with Crippen LogP contribution in [0.4, 0.5) is 0 Å². The first-order chi connectivity index (χ1) is 16.9. The summed E-state index contributed by atoms with van der Waals surface area (Å²) in [6, 6.07) is 31.8. The summed E-state index contributed by atoms with van der Waals surface area (Å²) in [5, 5.41) is 5.77. The molecular formula is C29H17N5. The van der Waals surface area contributed by atoms with Crippen LogP contribution < -0.4 is 0 Å². The first-order valence-corrected chi connectivity index (χ1v) is 11.3. The molecule has 0 spiro atoms. The fraction of sp³-hybridized carbons (Fsp3) is 0. The predicted octanol–water partition coefficient (Wildman–Crippen LogP) is 6.68. The van der Waals surface area contributed by atoms with Crippen molar-refractivity contribution in [2.45, 2.75) is 0 Å². The fourth-order valence-electron chi connectivity index (χ4n) is 5.43. The van der Waals surface area contributed by atoms with Gasteiger partial charge in [-0.1, -0.05) is 48.5 Å². The highest BCUT2D eigenvalue weighted by Gasteiger charge is 2.21. The highest BCUT2D eigenvalue weighted by molar-refractivity contribution is 6.26. The van der Waals surface area contributed by atoms with Crippen LogP contribution in [-0.2, 0) is 0 Å². The SMILES string of the molecule is c1ccc(-n2c3ccccc3c3ccc4c5cccnc5n5c6cccnc6nc5c4c32)cc1. The van der Waals surface area contributed by atoms with Gasteiger partial charge in [-0.05, 0) is 47.9 Å². The molecule has 0 aliphatic rings. The number of rotatable bonds is 1. The van der Waals surface area contributed by atoms with Gasteiger partial charge in [0.05, 0.1) is 21.9 Å². The van der Waals surface area contributed by atoms with E-state index in [4.69, 9.17) is 9.97 Å². The number of pyridine rings is 3. The predicted molar refractivity (Wildman–Crippen MR) is 138 cm³/mol. The Balaban J connectivity index is 1.76. The van der Waals surface area contributed by atoms with E-state index in [1.807, 2.05) is 18.3 Å². The Hall–Kier alpha value is -4.77. The average molecular weight is 435 g/mol. The summed E-state index contributed by atoms with van der Waals surface area (Å²) < 4.78 is 4.52. The molecule has 5 heterocycles. The second kappa shape index (κ2) is 6.39. The molecule has 5 nitrogen and oxygen atoms in total. The van der Waals surface area contributed by atoms with Gasteiger partial charge in [0.15, 0.2) is 11.3 Å². The summed E-state index contributed by atoms with van der Waals surface area (Å²) >= 11 is 0. The zero-order valence-corrected chi connectivity index (χ0v) is 18.1. The number of nitrogens with zero attached hydrogens (tertiary/aromatic N) is 5. The largest absolute Gasteiger partial charge is 0.308 e. The van der Waals surface area contributed by atoms with Crippen LogP contribution in [0.5, 0.6) is 0 Å². The number of para-hydroxylation sites is 2. The summed E-state index contributed by atoms with van der Waals surface area (Å²) in [7, 11) is 0. The molecule has 34 heavy (non-hydrogen) atoms. The van der Waals surface area contributed by atoms with E-state index in [1.54, 1.807) is 6.20 Å². The minimum atomic E-state index is 0.723. The van der Waals surface area contributed by atoms with E-state index in [0.29, 0.717) is 0 Å². The number of aromatic nitrogens is 5. The molecule has 5 heteroatoms. The third-order valence-electron chi connectivity index (χ3n) is 6.79. The van der Waals surface area contributed by atoms with Crippen LogP contribution in [0.1, 0.15) is 0 Å². The quantitative estimate of drug-likeness (QED) is 0.270. The molecule has 0 amide bonds. The molecule has 0 aliphatic heterocycles. The number of imidazole rings is 1. The van der Waals surface area contributed by atoms with Gasteiger partial charge in [0, 0.05) is 34.2 Å². The monoisotopic (exact) mass is 435 g/mol. The second-order valence-corrected chi connectivity index (χ2v) is 8.56. The molecule has 8 aromatic rings. The number of benzene rings is 3. The van der Waals surface area contributed by atoms with Crippen LogP contribution in [-0.4, -0.2) is 23.9 Å². The van der Waals surface area contributed by atoms with Gasteiger partial charge in [-0.2, -0.15) is 0 Å². The summed E-state index contributed by atoms with van der Waals surface area (Å²) in [5.74, 6) is 0. The Bertz CT molecular complexity index is 2070. The van der Waals surface area contributed by atoms with Gasteiger partial charge in [-0.25, -0.2) is 15.0 Å². The molecule has 0 unspecified atom stereocenters. The van der Waals surface area contributed by atoms with Crippen molar-refractivity contribution >= 4 is 60.4 Å².